The summed E-state index contributed by atoms with van der Waals surface area (Å²) in [7, 11) is -1.06. The third-order valence-corrected chi connectivity index (χ3v) is 8.24. The summed E-state index contributed by atoms with van der Waals surface area (Å²) in [6.45, 7) is -3.59. The molecule has 0 aliphatic heterocycles. The number of nitrogens with one attached hydrogen (secondary N) is 2. The first-order chi connectivity index (χ1) is 20.7. The highest BCUT2D eigenvalue weighted by atomic mass is 32.2. The fraction of sp³-hybridized carbons (Fsp3) is 0.370. The van der Waals surface area contributed by atoms with E-state index in [1.807, 2.05) is 4.90 Å². The van der Waals surface area contributed by atoms with E-state index >= 15 is 4.39 Å². The largest absolute Gasteiger partial charge is 0.483 e. The van der Waals surface area contributed by atoms with Gasteiger partial charge in [0.2, 0.25) is 0 Å². The van der Waals surface area contributed by atoms with Gasteiger partial charge >= 0.3 is 12.8 Å². The van der Waals surface area contributed by atoms with Gasteiger partial charge < -0.3 is 20.1 Å². The van der Waals surface area contributed by atoms with E-state index in [0.717, 1.165) is 24.5 Å². The van der Waals surface area contributed by atoms with Crippen LogP contribution in [0, 0.1) is 5.82 Å². The van der Waals surface area contributed by atoms with E-state index in [4.69, 9.17) is 9.90 Å². The summed E-state index contributed by atoms with van der Waals surface area (Å²) in [6, 6.07) is 7.03. The second kappa shape index (κ2) is 14.6. The summed E-state index contributed by atoms with van der Waals surface area (Å²) in [6.07, 6.45) is -0.876. The molecule has 0 saturated heterocycles. The van der Waals surface area contributed by atoms with Crippen LogP contribution in [0.3, 0.4) is 0 Å². The predicted octanol–water partition coefficient (Wildman–Crippen LogP) is 5.42. The zero-order valence-electron chi connectivity index (χ0n) is 23.3. The van der Waals surface area contributed by atoms with Crippen LogP contribution in [0.2, 0.25) is 0 Å². The molecular weight excluding hydrogens is 620 g/mol. The van der Waals surface area contributed by atoms with Crippen molar-refractivity contribution in [1.29, 1.82) is 0 Å². The molecule has 10 nitrogen and oxygen atoms in total. The van der Waals surface area contributed by atoms with Crippen LogP contribution < -0.4 is 14.8 Å². The Morgan fingerprint density at radius 1 is 1.14 bits per heavy atom. The zero-order valence-corrected chi connectivity index (χ0v) is 24.1. The highest BCUT2D eigenvalue weighted by Gasteiger charge is 2.36. The lowest BCUT2D eigenvalue weighted by Crippen LogP contribution is -2.47. The molecule has 2 aromatic carbocycles. The second-order valence-electron chi connectivity index (χ2n) is 9.88. The van der Waals surface area contributed by atoms with Crippen LogP contribution in [0.1, 0.15) is 36.3 Å². The van der Waals surface area contributed by atoms with Crippen molar-refractivity contribution in [2.45, 2.75) is 54.9 Å². The number of halogens is 6. The summed E-state index contributed by atoms with van der Waals surface area (Å²) in [5, 5.41) is 9.90. The number of hydrogen-bond acceptors (Lipinski definition) is 8. The van der Waals surface area contributed by atoms with Crippen molar-refractivity contribution in [3.8, 4) is 5.75 Å². The summed E-state index contributed by atoms with van der Waals surface area (Å²) in [4.78, 5) is 16.6. The normalized spacial score (nSPS) is 18.7. The molecule has 1 fully saturated rings. The minimum atomic E-state index is -4.58. The standard InChI is InChI=1S/C26H27F6N5O3S.CH2O2/c1-37(2)21-11-16(15-4-3-5-17(10-15)26(30,31)32)6-7-19(21)35-20-12-18(27)23(13-22(20)40-25(28)29)41(38,39)36-24-8-9-33-14-34-24;2-1-3/h3-5,8-10,12-14,16,19,21,25,35H,6-7,11H2,1-2H3,(H,33,34,36);1H,(H,2,3)/t16-,19-,21-;/m0./s1. The topological polar surface area (TPSA) is 134 Å². The van der Waals surface area contributed by atoms with E-state index < -0.39 is 50.9 Å². The summed E-state index contributed by atoms with van der Waals surface area (Å²) in [5.74, 6) is -2.20. The van der Waals surface area contributed by atoms with E-state index in [2.05, 4.69) is 24.7 Å². The SMILES string of the molecule is CN(C)[C@H]1C[C@@H](c2cccc(C(F)(F)F)c2)CC[C@@H]1Nc1cc(F)c(S(=O)(=O)Nc2ccncn2)cc1OC(F)F.O=CO. The molecule has 3 atom stereocenters. The van der Waals surface area contributed by atoms with Crippen LogP contribution in [0.4, 0.5) is 37.8 Å². The monoisotopic (exact) mass is 649 g/mol. The average Bonchev–Trinajstić information content (AvgIpc) is 2.94. The van der Waals surface area contributed by atoms with E-state index in [0.29, 0.717) is 30.9 Å². The molecule has 1 heterocycles. The molecule has 0 amide bonds. The fourth-order valence-corrected chi connectivity index (χ4v) is 6.03. The van der Waals surface area contributed by atoms with Gasteiger partial charge in [0.1, 0.15) is 22.9 Å². The molecule has 0 spiro atoms. The van der Waals surface area contributed by atoms with Gasteiger partial charge in [0.25, 0.3) is 16.5 Å². The lowest BCUT2D eigenvalue weighted by Gasteiger charge is -2.41. The van der Waals surface area contributed by atoms with Gasteiger partial charge in [0, 0.05) is 30.4 Å². The van der Waals surface area contributed by atoms with Crippen molar-refractivity contribution < 1.29 is 49.4 Å². The maximum atomic E-state index is 15.2. The first kappa shape index (κ1) is 34.4. The van der Waals surface area contributed by atoms with Gasteiger partial charge in [0.15, 0.2) is 5.75 Å². The number of sulfonamides is 1. The fourth-order valence-electron chi connectivity index (χ4n) is 4.95. The van der Waals surface area contributed by atoms with Crippen molar-refractivity contribution in [3.05, 3.63) is 71.9 Å². The van der Waals surface area contributed by atoms with Gasteiger partial charge in [-0.05, 0) is 57.0 Å². The van der Waals surface area contributed by atoms with Gasteiger partial charge in [-0.2, -0.15) is 22.0 Å². The maximum Gasteiger partial charge on any atom is 0.416 e. The van der Waals surface area contributed by atoms with Gasteiger partial charge in [-0.25, -0.2) is 22.8 Å². The molecule has 0 unspecified atom stereocenters. The number of anilines is 2. The Kier molecular flexibility index (Phi) is 11.4. The number of aromatic nitrogens is 2. The molecule has 44 heavy (non-hydrogen) atoms. The lowest BCUT2D eigenvalue weighted by molar-refractivity contribution is -0.137. The van der Waals surface area contributed by atoms with E-state index in [9.17, 15) is 30.4 Å². The number of ether oxygens (including phenoxy) is 1. The summed E-state index contributed by atoms with van der Waals surface area (Å²) >= 11 is 0. The highest BCUT2D eigenvalue weighted by Crippen LogP contribution is 2.40. The lowest BCUT2D eigenvalue weighted by atomic mass is 9.78. The number of carboxylic acid groups (broad SMARTS) is 1. The highest BCUT2D eigenvalue weighted by molar-refractivity contribution is 7.92. The third kappa shape index (κ3) is 8.95. The molecule has 240 valence electrons. The van der Waals surface area contributed by atoms with E-state index in [1.165, 1.54) is 18.3 Å². The molecule has 0 radical (unpaired) electrons. The minimum absolute atomic E-state index is 0.163. The predicted molar refractivity (Wildman–Crippen MR) is 147 cm³/mol. The Labute approximate surface area is 249 Å². The smallest absolute Gasteiger partial charge is 0.416 e. The number of alkyl halides is 5. The van der Waals surface area contributed by atoms with Crippen molar-refractivity contribution >= 4 is 28.0 Å². The van der Waals surface area contributed by atoms with Crippen LogP contribution in [0.15, 0.2) is 59.9 Å². The van der Waals surface area contributed by atoms with Gasteiger partial charge in [-0.1, -0.05) is 18.2 Å². The third-order valence-electron chi connectivity index (χ3n) is 6.87. The molecule has 1 aliphatic carbocycles. The quantitative estimate of drug-likeness (QED) is 0.205. The number of benzene rings is 2. The molecular formula is C27H29F6N5O5S. The number of carbonyl (C=O) groups is 1. The van der Waals surface area contributed by atoms with Crippen molar-refractivity contribution in [2.24, 2.45) is 0 Å². The van der Waals surface area contributed by atoms with Crippen molar-refractivity contribution in [3.63, 3.8) is 0 Å². The van der Waals surface area contributed by atoms with Crippen LogP contribution >= 0.6 is 0 Å². The first-order valence-corrected chi connectivity index (χ1v) is 14.4. The number of rotatable bonds is 9. The van der Waals surface area contributed by atoms with Crippen LogP contribution in [0.5, 0.6) is 5.75 Å². The van der Waals surface area contributed by atoms with Crippen LogP contribution in [-0.4, -0.2) is 67.7 Å². The molecule has 1 aromatic heterocycles. The van der Waals surface area contributed by atoms with Gasteiger partial charge in [-0.15, -0.1) is 0 Å². The number of hydrogen-bond donors (Lipinski definition) is 3. The maximum absolute atomic E-state index is 15.2. The Balaban J connectivity index is 0.00000169. The molecule has 3 N–H and O–H groups in total. The number of nitrogens with zero attached hydrogens (tertiary/aromatic N) is 3. The first-order valence-electron chi connectivity index (χ1n) is 12.9. The second-order valence-corrected chi connectivity index (χ2v) is 11.5. The van der Waals surface area contributed by atoms with Crippen LogP contribution in [-0.2, 0) is 21.0 Å². The average molecular weight is 650 g/mol. The summed E-state index contributed by atoms with van der Waals surface area (Å²) in [5.41, 5.74) is -0.410. The van der Waals surface area contributed by atoms with Crippen molar-refractivity contribution in [1.82, 2.24) is 14.9 Å². The Hall–Kier alpha value is -4.12. The Morgan fingerprint density at radius 2 is 1.84 bits per heavy atom. The molecule has 17 heteroatoms. The Morgan fingerprint density at radius 3 is 2.43 bits per heavy atom. The summed E-state index contributed by atoms with van der Waals surface area (Å²) < 4.78 is 114. The zero-order chi connectivity index (χ0) is 32.7. The Bertz CT molecular complexity index is 1510. The van der Waals surface area contributed by atoms with E-state index in [-0.39, 0.29) is 29.9 Å². The van der Waals surface area contributed by atoms with Crippen molar-refractivity contribution in [2.75, 3.05) is 24.1 Å². The van der Waals surface area contributed by atoms with E-state index in [1.54, 1.807) is 20.2 Å². The molecule has 3 aromatic rings. The number of likely N-dealkylation sites (N-methyl/N-ethyl adjacent to an activating group) is 1. The molecule has 4 rings (SSSR count). The molecule has 1 aliphatic rings. The molecule has 0 bridgehead atoms. The molecule has 1 saturated carbocycles. The minimum Gasteiger partial charge on any atom is -0.483 e. The van der Waals surface area contributed by atoms with Gasteiger partial charge in [0.05, 0.1) is 11.3 Å². The van der Waals surface area contributed by atoms with Crippen LogP contribution in [0.25, 0.3) is 0 Å². The van der Waals surface area contributed by atoms with Gasteiger partial charge in [-0.3, -0.25) is 9.52 Å².